The third-order valence-electron chi connectivity index (χ3n) is 3.45. The Bertz CT molecular complexity index is 890. The zero-order valence-corrected chi connectivity index (χ0v) is 15.5. The molecule has 2 rings (SSSR count). The molecule has 0 N–H and O–H groups in total. The quantitative estimate of drug-likeness (QED) is 0.687. The molecule has 1 aromatic carbocycles. The first-order valence-electron chi connectivity index (χ1n) is 7.74. The van der Waals surface area contributed by atoms with Gasteiger partial charge in [-0.2, -0.15) is 0 Å². The minimum atomic E-state index is -3.84. The zero-order chi connectivity index (χ0) is 18.6. The number of aromatic nitrogens is 2. The predicted molar refractivity (Wildman–Crippen MR) is 94.3 cm³/mol. The standard InChI is InChI=1S/C16H21N2O6P/c1-5-23-25(21,24-6-2)14-11-17(3)16(20)18(15(14)19)12-7-9-13(22-4)10-8-12/h7-11H,5-6H2,1-4H3. The lowest BCUT2D eigenvalue weighted by Crippen LogP contribution is -2.45. The van der Waals surface area contributed by atoms with Crippen molar-refractivity contribution in [2.24, 2.45) is 7.05 Å². The van der Waals surface area contributed by atoms with Crippen LogP contribution < -0.4 is 21.3 Å². The molecule has 0 unspecified atom stereocenters. The van der Waals surface area contributed by atoms with Crippen molar-refractivity contribution in [3.05, 3.63) is 51.3 Å². The summed E-state index contributed by atoms with van der Waals surface area (Å²) in [7, 11) is -0.856. The Kier molecular flexibility index (Phi) is 6.00. The van der Waals surface area contributed by atoms with Gasteiger partial charge in [0.1, 0.15) is 11.1 Å². The summed E-state index contributed by atoms with van der Waals surface area (Å²) in [4.78, 5) is 25.3. The molecule has 0 radical (unpaired) electrons. The Labute approximate surface area is 145 Å². The van der Waals surface area contributed by atoms with E-state index in [1.54, 1.807) is 38.1 Å². The van der Waals surface area contributed by atoms with Crippen molar-refractivity contribution in [3.8, 4) is 11.4 Å². The summed E-state index contributed by atoms with van der Waals surface area (Å²) in [6.07, 6.45) is 1.21. The monoisotopic (exact) mass is 368 g/mol. The van der Waals surface area contributed by atoms with E-state index in [0.717, 1.165) is 4.57 Å². The van der Waals surface area contributed by atoms with E-state index in [9.17, 15) is 14.2 Å². The van der Waals surface area contributed by atoms with Gasteiger partial charge in [-0.05, 0) is 38.1 Å². The fourth-order valence-electron chi connectivity index (χ4n) is 2.32. The van der Waals surface area contributed by atoms with Crippen molar-refractivity contribution in [2.75, 3.05) is 20.3 Å². The number of nitrogens with zero attached hydrogens (tertiary/aromatic N) is 2. The van der Waals surface area contributed by atoms with Gasteiger partial charge in [-0.1, -0.05) is 0 Å². The molecule has 2 aromatic rings. The van der Waals surface area contributed by atoms with Crippen LogP contribution in [0.1, 0.15) is 13.8 Å². The van der Waals surface area contributed by atoms with Crippen molar-refractivity contribution < 1.29 is 18.3 Å². The minimum absolute atomic E-state index is 0.0993. The first-order chi connectivity index (χ1) is 11.9. The molecule has 0 aliphatic rings. The van der Waals surface area contributed by atoms with Crippen LogP contribution in [0, 0.1) is 0 Å². The number of benzene rings is 1. The number of hydrogen-bond acceptors (Lipinski definition) is 6. The summed E-state index contributed by atoms with van der Waals surface area (Å²) in [5, 5.41) is -0.186. The molecule has 0 atom stereocenters. The normalized spacial score (nSPS) is 11.5. The minimum Gasteiger partial charge on any atom is -0.497 e. The smallest absolute Gasteiger partial charge is 0.368 e. The number of hydrogen-bond donors (Lipinski definition) is 0. The lowest BCUT2D eigenvalue weighted by molar-refractivity contribution is 0.229. The highest BCUT2D eigenvalue weighted by Crippen LogP contribution is 2.45. The van der Waals surface area contributed by atoms with Crippen LogP contribution in [0.25, 0.3) is 5.69 Å². The summed E-state index contributed by atoms with van der Waals surface area (Å²) in [6.45, 7) is 3.50. The highest BCUT2D eigenvalue weighted by Gasteiger charge is 2.32. The van der Waals surface area contributed by atoms with Crippen LogP contribution in [0.2, 0.25) is 0 Å². The van der Waals surface area contributed by atoms with Gasteiger partial charge in [-0.15, -0.1) is 0 Å². The maximum Gasteiger partial charge on any atom is 0.368 e. The van der Waals surface area contributed by atoms with Gasteiger partial charge in [0, 0.05) is 13.2 Å². The van der Waals surface area contributed by atoms with Crippen LogP contribution in [-0.2, 0) is 20.7 Å². The molecule has 0 aliphatic carbocycles. The van der Waals surface area contributed by atoms with Crippen LogP contribution in [-0.4, -0.2) is 29.5 Å². The summed E-state index contributed by atoms with van der Waals surface area (Å²) in [5.74, 6) is 0.582. The molecule has 8 nitrogen and oxygen atoms in total. The lowest BCUT2D eigenvalue weighted by Gasteiger charge is -2.18. The molecule has 0 saturated carbocycles. The highest BCUT2D eigenvalue weighted by molar-refractivity contribution is 7.62. The first-order valence-corrected chi connectivity index (χ1v) is 9.29. The Hall–Kier alpha value is -2.15. The maximum absolute atomic E-state index is 13.0. The first kappa shape index (κ1) is 19.2. The van der Waals surface area contributed by atoms with E-state index >= 15 is 0 Å². The van der Waals surface area contributed by atoms with Crippen molar-refractivity contribution >= 4 is 12.9 Å². The average molecular weight is 368 g/mol. The molecule has 25 heavy (non-hydrogen) atoms. The van der Waals surface area contributed by atoms with E-state index in [1.807, 2.05) is 0 Å². The van der Waals surface area contributed by atoms with Gasteiger partial charge >= 0.3 is 13.3 Å². The summed E-state index contributed by atoms with van der Waals surface area (Å²) in [6, 6.07) is 6.38. The van der Waals surface area contributed by atoms with Crippen molar-refractivity contribution in [1.29, 1.82) is 0 Å². The lowest BCUT2D eigenvalue weighted by atomic mass is 10.3. The maximum atomic E-state index is 13.0. The van der Waals surface area contributed by atoms with Crippen molar-refractivity contribution in [3.63, 3.8) is 0 Å². The topological polar surface area (TPSA) is 88.8 Å². The number of ether oxygens (including phenoxy) is 1. The van der Waals surface area contributed by atoms with Crippen molar-refractivity contribution in [1.82, 2.24) is 9.13 Å². The Balaban J connectivity index is 2.74. The van der Waals surface area contributed by atoms with E-state index in [0.29, 0.717) is 11.4 Å². The van der Waals surface area contributed by atoms with E-state index in [-0.39, 0.29) is 18.5 Å². The molecule has 0 fully saturated rings. The molecular formula is C16H21N2O6P. The summed E-state index contributed by atoms with van der Waals surface area (Å²) >= 11 is 0. The third kappa shape index (κ3) is 3.76. The summed E-state index contributed by atoms with van der Waals surface area (Å²) in [5.41, 5.74) is -0.982. The molecule has 1 heterocycles. The SMILES string of the molecule is CCOP(=O)(OCC)c1cn(C)c(=O)n(-c2ccc(OC)cc2)c1=O. The van der Waals surface area contributed by atoms with E-state index in [2.05, 4.69) is 0 Å². The molecule has 0 bridgehead atoms. The molecule has 9 heteroatoms. The van der Waals surface area contributed by atoms with Crippen molar-refractivity contribution in [2.45, 2.75) is 13.8 Å². The van der Waals surface area contributed by atoms with Crippen LogP contribution in [0.15, 0.2) is 40.1 Å². The van der Waals surface area contributed by atoms with Gasteiger partial charge in [0.05, 0.1) is 26.0 Å². The van der Waals surface area contributed by atoms with E-state index in [4.69, 9.17) is 13.8 Å². The van der Waals surface area contributed by atoms with Gasteiger partial charge in [0.25, 0.3) is 5.56 Å². The van der Waals surface area contributed by atoms with Crippen LogP contribution in [0.5, 0.6) is 5.75 Å². The molecular weight excluding hydrogens is 347 g/mol. The largest absolute Gasteiger partial charge is 0.497 e. The molecule has 0 spiro atoms. The van der Waals surface area contributed by atoms with Gasteiger partial charge in [0.15, 0.2) is 0 Å². The number of aryl methyl sites for hydroxylation is 1. The molecule has 136 valence electrons. The second-order valence-electron chi connectivity index (χ2n) is 5.08. The molecule has 0 amide bonds. The van der Waals surface area contributed by atoms with Gasteiger partial charge < -0.3 is 18.4 Å². The fraction of sp³-hybridized carbons (Fsp3) is 0.375. The Morgan fingerprint density at radius 2 is 1.60 bits per heavy atom. The Morgan fingerprint density at radius 3 is 2.08 bits per heavy atom. The molecule has 0 aliphatic heterocycles. The van der Waals surface area contributed by atoms with E-state index in [1.165, 1.54) is 24.9 Å². The highest BCUT2D eigenvalue weighted by atomic mass is 31.2. The predicted octanol–water partition coefficient (Wildman–Crippen LogP) is 1.44. The number of methoxy groups -OCH3 is 1. The van der Waals surface area contributed by atoms with Gasteiger partial charge in [0.2, 0.25) is 0 Å². The zero-order valence-electron chi connectivity index (χ0n) is 14.6. The number of rotatable bonds is 7. The second-order valence-corrected chi connectivity index (χ2v) is 7.07. The molecule has 0 saturated heterocycles. The van der Waals surface area contributed by atoms with Crippen LogP contribution in [0.4, 0.5) is 0 Å². The van der Waals surface area contributed by atoms with Gasteiger partial charge in [-0.25, -0.2) is 9.36 Å². The molecule has 1 aromatic heterocycles. The Morgan fingerprint density at radius 1 is 1.04 bits per heavy atom. The fourth-order valence-corrected chi connectivity index (χ4v) is 4.00. The van der Waals surface area contributed by atoms with E-state index < -0.39 is 18.8 Å². The second kappa shape index (κ2) is 7.82. The summed E-state index contributed by atoms with van der Waals surface area (Å²) < 4.78 is 30.7. The van der Waals surface area contributed by atoms with Crippen LogP contribution in [0.3, 0.4) is 0 Å². The third-order valence-corrected chi connectivity index (χ3v) is 5.55. The average Bonchev–Trinajstić information content (AvgIpc) is 2.59. The van der Waals surface area contributed by atoms with Crippen LogP contribution >= 0.6 is 7.60 Å². The van der Waals surface area contributed by atoms with Gasteiger partial charge in [-0.3, -0.25) is 9.36 Å².